The van der Waals surface area contributed by atoms with E-state index in [1.807, 2.05) is 0 Å². The lowest BCUT2D eigenvalue weighted by atomic mass is 10.1. The molecule has 1 rings (SSSR count). The monoisotopic (exact) mass is 227 g/mol. The molecule has 0 amide bonds. The minimum Gasteiger partial charge on any atom is -0.480 e. The summed E-state index contributed by atoms with van der Waals surface area (Å²) in [6.45, 7) is 3.40. The van der Waals surface area contributed by atoms with Gasteiger partial charge >= 0.3 is 5.97 Å². The van der Waals surface area contributed by atoms with Crippen LogP contribution in [0.5, 0.6) is 0 Å². The quantitative estimate of drug-likeness (QED) is 0.648. The minimum atomic E-state index is -0.678. The molecule has 0 unspecified atom stereocenters. The second-order valence-electron chi connectivity index (χ2n) is 4.86. The van der Waals surface area contributed by atoms with E-state index in [2.05, 4.69) is 11.8 Å². The van der Waals surface area contributed by atoms with Gasteiger partial charge in [-0.05, 0) is 25.8 Å². The normalized spacial score (nSPS) is 17.1. The molecule has 0 aliphatic heterocycles. The average molecular weight is 227 g/mol. The van der Waals surface area contributed by atoms with Gasteiger partial charge in [0, 0.05) is 6.04 Å². The maximum absolute atomic E-state index is 10.8. The summed E-state index contributed by atoms with van der Waals surface area (Å²) >= 11 is 0. The third-order valence-electron chi connectivity index (χ3n) is 3.48. The first-order valence-corrected chi connectivity index (χ1v) is 6.70. The highest BCUT2D eigenvalue weighted by atomic mass is 16.4. The van der Waals surface area contributed by atoms with Crippen LogP contribution in [0, 0.1) is 0 Å². The lowest BCUT2D eigenvalue weighted by Crippen LogP contribution is -2.38. The van der Waals surface area contributed by atoms with Gasteiger partial charge in [0.2, 0.25) is 0 Å². The molecule has 1 aliphatic carbocycles. The summed E-state index contributed by atoms with van der Waals surface area (Å²) in [5, 5.41) is 8.91. The number of carbonyl (C=O) groups is 1. The van der Waals surface area contributed by atoms with Crippen molar-refractivity contribution in [3.63, 3.8) is 0 Å². The molecule has 0 saturated heterocycles. The Bertz CT molecular complexity index is 200. The standard InChI is InChI=1S/C13H25NO2/c1-2-3-4-7-10-14(11-13(15)16)12-8-5-6-9-12/h12H,2-11H2,1H3,(H,15,16). The predicted molar refractivity (Wildman–Crippen MR) is 65.6 cm³/mol. The van der Waals surface area contributed by atoms with Gasteiger partial charge in [0.05, 0.1) is 6.54 Å². The Balaban J connectivity index is 2.28. The van der Waals surface area contributed by atoms with Crippen molar-refractivity contribution in [2.24, 2.45) is 0 Å². The first kappa shape index (κ1) is 13.5. The van der Waals surface area contributed by atoms with Crippen LogP contribution in [0.15, 0.2) is 0 Å². The van der Waals surface area contributed by atoms with Crippen LogP contribution in [0.3, 0.4) is 0 Å². The third-order valence-corrected chi connectivity index (χ3v) is 3.48. The highest BCUT2D eigenvalue weighted by Gasteiger charge is 2.23. The highest BCUT2D eigenvalue weighted by Crippen LogP contribution is 2.23. The van der Waals surface area contributed by atoms with Crippen molar-refractivity contribution in [3.05, 3.63) is 0 Å². The molecule has 0 aromatic heterocycles. The number of unbranched alkanes of at least 4 members (excludes halogenated alkanes) is 3. The van der Waals surface area contributed by atoms with Gasteiger partial charge in [0.25, 0.3) is 0 Å². The fraction of sp³-hybridized carbons (Fsp3) is 0.923. The van der Waals surface area contributed by atoms with Gasteiger partial charge < -0.3 is 5.11 Å². The summed E-state index contributed by atoms with van der Waals surface area (Å²) in [4.78, 5) is 13.0. The number of carboxylic acid groups (broad SMARTS) is 1. The zero-order chi connectivity index (χ0) is 11.8. The van der Waals surface area contributed by atoms with Gasteiger partial charge in [-0.25, -0.2) is 0 Å². The van der Waals surface area contributed by atoms with E-state index >= 15 is 0 Å². The number of rotatable bonds is 8. The molecule has 16 heavy (non-hydrogen) atoms. The van der Waals surface area contributed by atoms with Crippen LogP contribution in [0.4, 0.5) is 0 Å². The molecular formula is C13H25NO2. The van der Waals surface area contributed by atoms with Crippen molar-refractivity contribution in [2.45, 2.75) is 64.3 Å². The van der Waals surface area contributed by atoms with Crippen molar-refractivity contribution in [3.8, 4) is 0 Å². The van der Waals surface area contributed by atoms with Gasteiger partial charge in [0.15, 0.2) is 0 Å². The summed E-state index contributed by atoms with van der Waals surface area (Å²) in [7, 11) is 0. The molecule has 1 fully saturated rings. The lowest BCUT2D eigenvalue weighted by Gasteiger charge is -2.26. The zero-order valence-electron chi connectivity index (χ0n) is 10.5. The lowest BCUT2D eigenvalue weighted by molar-refractivity contribution is -0.138. The predicted octanol–water partition coefficient (Wildman–Crippen LogP) is 2.90. The van der Waals surface area contributed by atoms with E-state index in [1.165, 1.54) is 44.9 Å². The van der Waals surface area contributed by atoms with E-state index in [9.17, 15) is 4.79 Å². The Labute approximate surface area is 98.8 Å². The van der Waals surface area contributed by atoms with Crippen LogP contribution in [-0.2, 0) is 4.79 Å². The average Bonchev–Trinajstić information content (AvgIpc) is 2.75. The van der Waals surface area contributed by atoms with Gasteiger partial charge in [-0.2, -0.15) is 0 Å². The maximum Gasteiger partial charge on any atom is 0.317 e. The fourth-order valence-corrected chi connectivity index (χ4v) is 2.58. The third kappa shape index (κ3) is 4.97. The van der Waals surface area contributed by atoms with Crippen LogP contribution < -0.4 is 0 Å². The summed E-state index contributed by atoms with van der Waals surface area (Å²) in [6, 6.07) is 0.540. The Hall–Kier alpha value is -0.570. The van der Waals surface area contributed by atoms with E-state index in [0.29, 0.717) is 6.04 Å². The summed E-state index contributed by atoms with van der Waals surface area (Å²) < 4.78 is 0. The van der Waals surface area contributed by atoms with Crippen molar-refractivity contribution in [2.75, 3.05) is 13.1 Å². The van der Waals surface area contributed by atoms with Gasteiger partial charge in [-0.15, -0.1) is 0 Å². The fourth-order valence-electron chi connectivity index (χ4n) is 2.58. The van der Waals surface area contributed by atoms with E-state index in [1.54, 1.807) is 0 Å². The first-order valence-electron chi connectivity index (χ1n) is 6.70. The van der Waals surface area contributed by atoms with Crippen LogP contribution in [-0.4, -0.2) is 35.1 Å². The van der Waals surface area contributed by atoms with E-state index in [0.717, 1.165) is 13.0 Å². The van der Waals surface area contributed by atoms with Crippen LogP contribution in [0.2, 0.25) is 0 Å². The molecule has 3 nitrogen and oxygen atoms in total. The molecule has 0 aromatic rings. The Morgan fingerprint density at radius 1 is 1.25 bits per heavy atom. The van der Waals surface area contributed by atoms with Crippen molar-refractivity contribution >= 4 is 5.97 Å². The zero-order valence-corrected chi connectivity index (χ0v) is 10.5. The Morgan fingerprint density at radius 3 is 2.50 bits per heavy atom. The molecule has 1 N–H and O–H groups in total. The number of hydrogen-bond acceptors (Lipinski definition) is 2. The van der Waals surface area contributed by atoms with Crippen LogP contribution in [0.25, 0.3) is 0 Å². The number of aliphatic carboxylic acids is 1. The van der Waals surface area contributed by atoms with Crippen LogP contribution >= 0.6 is 0 Å². The molecule has 1 aliphatic rings. The molecule has 94 valence electrons. The largest absolute Gasteiger partial charge is 0.480 e. The van der Waals surface area contributed by atoms with Crippen molar-refractivity contribution in [1.29, 1.82) is 0 Å². The highest BCUT2D eigenvalue weighted by molar-refractivity contribution is 5.69. The van der Waals surface area contributed by atoms with Crippen LogP contribution in [0.1, 0.15) is 58.3 Å². The summed E-state index contributed by atoms with van der Waals surface area (Å²) in [6.07, 6.45) is 9.83. The molecule has 0 spiro atoms. The maximum atomic E-state index is 10.8. The van der Waals surface area contributed by atoms with E-state index in [4.69, 9.17) is 5.11 Å². The number of nitrogens with zero attached hydrogens (tertiary/aromatic N) is 1. The van der Waals surface area contributed by atoms with Gasteiger partial charge in [0.1, 0.15) is 0 Å². The second-order valence-corrected chi connectivity index (χ2v) is 4.86. The number of hydrogen-bond donors (Lipinski definition) is 1. The SMILES string of the molecule is CCCCCCN(CC(=O)O)C1CCCC1. The van der Waals surface area contributed by atoms with E-state index in [-0.39, 0.29) is 6.54 Å². The molecule has 3 heteroatoms. The molecule has 0 heterocycles. The summed E-state index contributed by atoms with van der Waals surface area (Å²) in [5.41, 5.74) is 0. The molecule has 0 bridgehead atoms. The second kappa shape index (κ2) is 7.66. The first-order chi connectivity index (χ1) is 7.74. The molecular weight excluding hydrogens is 202 g/mol. The molecule has 0 radical (unpaired) electrons. The Morgan fingerprint density at radius 2 is 1.94 bits per heavy atom. The Kier molecular flexibility index (Phi) is 6.46. The number of carboxylic acids is 1. The molecule has 0 aromatic carbocycles. The van der Waals surface area contributed by atoms with Crippen molar-refractivity contribution < 1.29 is 9.90 Å². The summed E-state index contributed by atoms with van der Waals surface area (Å²) in [5.74, 6) is -0.678. The van der Waals surface area contributed by atoms with Crippen molar-refractivity contribution in [1.82, 2.24) is 4.90 Å². The smallest absolute Gasteiger partial charge is 0.317 e. The molecule has 1 saturated carbocycles. The topological polar surface area (TPSA) is 40.5 Å². The van der Waals surface area contributed by atoms with Gasteiger partial charge in [-0.1, -0.05) is 39.0 Å². The molecule has 0 atom stereocenters. The van der Waals surface area contributed by atoms with Gasteiger partial charge in [-0.3, -0.25) is 9.69 Å². The minimum absolute atomic E-state index is 0.233. The van der Waals surface area contributed by atoms with E-state index < -0.39 is 5.97 Å².